The molecule has 4 nitrogen and oxygen atoms in total. The molecule has 2 rings (SSSR count). The first-order chi connectivity index (χ1) is 7.31. The van der Waals surface area contributed by atoms with Crippen molar-refractivity contribution in [2.45, 2.75) is 45.6 Å². The topological polar surface area (TPSA) is 51.0 Å². The van der Waals surface area contributed by atoms with E-state index in [2.05, 4.69) is 29.4 Å². The van der Waals surface area contributed by atoms with Gasteiger partial charge >= 0.3 is 0 Å². The number of hydrogen-bond donors (Lipinski definition) is 1. The Morgan fingerprint density at radius 2 is 2.27 bits per heavy atom. The zero-order valence-corrected chi connectivity index (χ0v) is 9.49. The maximum Gasteiger partial charge on any atom is 0.230 e. The Bertz CT molecular complexity index is 311. The van der Waals surface area contributed by atoms with E-state index in [0.29, 0.717) is 24.3 Å². The van der Waals surface area contributed by atoms with Gasteiger partial charge in [-0.1, -0.05) is 20.3 Å². The first-order valence-corrected chi connectivity index (χ1v) is 5.84. The summed E-state index contributed by atoms with van der Waals surface area (Å²) < 4.78 is 5.66. The van der Waals surface area contributed by atoms with E-state index in [1.54, 1.807) is 0 Å². The number of aromatic nitrogens is 2. The van der Waals surface area contributed by atoms with Crippen molar-refractivity contribution < 1.29 is 4.42 Å². The molecule has 1 saturated carbocycles. The Morgan fingerprint density at radius 1 is 1.40 bits per heavy atom. The van der Waals surface area contributed by atoms with E-state index in [9.17, 15) is 0 Å². The molecule has 4 heteroatoms. The maximum absolute atomic E-state index is 5.66. The van der Waals surface area contributed by atoms with Crippen LogP contribution in [0.15, 0.2) is 4.42 Å². The summed E-state index contributed by atoms with van der Waals surface area (Å²) in [6.45, 7) is 5.95. The monoisotopic (exact) mass is 209 g/mol. The molecule has 0 aliphatic heterocycles. The lowest BCUT2D eigenvalue weighted by molar-refractivity contribution is 0.374. The summed E-state index contributed by atoms with van der Waals surface area (Å²) in [5, 5.41) is 11.4. The normalized spacial score (nSPS) is 26.0. The van der Waals surface area contributed by atoms with E-state index < -0.39 is 0 Å². The van der Waals surface area contributed by atoms with E-state index in [0.717, 1.165) is 12.4 Å². The minimum absolute atomic E-state index is 0.493. The fourth-order valence-electron chi connectivity index (χ4n) is 2.23. The van der Waals surface area contributed by atoms with Crippen LogP contribution in [0.3, 0.4) is 0 Å². The Morgan fingerprint density at radius 3 is 2.93 bits per heavy atom. The molecule has 1 fully saturated rings. The molecule has 0 radical (unpaired) electrons. The van der Waals surface area contributed by atoms with Crippen LogP contribution >= 0.6 is 0 Å². The molecule has 1 aliphatic rings. The second-order valence-electron chi connectivity index (χ2n) is 4.33. The summed E-state index contributed by atoms with van der Waals surface area (Å²) in [4.78, 5) is 0. The Hall–Kier alpha value is -0.900. The highest BCUT2D eigenvalue weighted by Gasteiger charge is 2.29. The van der Waals surface area contributed by atoms with Crippen LogP contribution in [-0.2, 0) is 6.54 Å². The smallest absolute Gasteiger partial charge is 0.230 e. The van der Waals surface area contributed by atoms with Gasteiger partial charge in [0.05, 0.1) is 6.54 Å². The van der Waals surface area contributed by atoms with Gasteiger partial charge in [-0.05, 0) is 25.3 Å². The van der Waals surface area contributed by atoms with Crippen molar-refractivity contribution in [3.05, 3.63) is 11.8 Å². The van der Waals surface area contributed by atoms with E-state index in [1.165, 1.54) is 19.3 Å². The third kappa shape index (κ3) is 2.37. The molecule has 15 heavy (non-hydrogen) atoms. The van der Waals surface area contributed by atoms with Gasteiger partial charge in [0.1, 0.15) is 0 Å². The zero-order chi connectivity index (χ0) is 10.7. The number of nitrogens with one attached hydrogen (secondary N) is 1. The van der Waals surface area contributed by atoms with Crippen LogP contribution in [0.25, 0.3) is 0 Å². The van der Waals surface area contributed by atoms with Gasteiger partial charge in [0.15, 0.2) is 0 Å². The summed E-state index contributed by atoms with van der Waals surface area (Å²) in [7, 11) is 0. The van der Waals surface area contributed by atoms with Crippen molar-refractivity contribution in [3.8, 4) is 0 Å². The first-order valence-electron chi connectivity index (χ1n) is 5.84. The summed E-state index contributed by atoms with van der Waals surface area (Å²) in [6, 6.07) is 0. The van der Waals surface area contributed by atoms with Crippen LogP contribution < -0.4 is 5.32 Å². The Kier molecular flexibility index (Phi) is 3.36. The van der Waals surface area contributed by atoms with Crippen LogP contribution in [0.4, 0.5) is 0 Å². The van der Waals surface area contributed by atoms with Gasteiger partial charge in [0.25, 0.3) is 0 Å². The SMILES string of the molecule is CCNCc1nnc(C2CCCC2C)o1. The second-order valence-corrected chi connectivity index (χ2v) is 4.33. The minimum Gasteiger partial charge on any atom is -0.424 e. The van der Waals surface area contributed by atoms with Crippen LogP contribution in [0.5, 0.6) is 0 Å². The fraction of sp³-hybridized carbons (Fsp3) is 0.818. The maximum atomic E-state index is 5.66. The largest absolute Gasteiger partial charge is 0.424 e. The van der Waals surface area contributed by atoms with Crippen LogP contribution in [0, 0.1) is 5.92 Å². The van der Waals surface area contributed by atoms with Crippen LogP contribution in [0.2, 0.25) is 0 Å². The molecule has 1 aliphatic carbocycles. The molecule has 1 aromatic heterocycles. The highest BCUT2D eigenvalue weighted by atomic mass is 16.4. The Balaban J connectivity index is 1.99. The third-order valence-corrected chi connectivity index (χ3v) is 3.19. The number of rotatable bonds is 4. The van der Waals surface area contributed by atoms with E-state index >= 15 is 0 Å². The van der Waals surface area contributed by atoms with Gasteiger partial charge in [-0.2, -0.15) is 0 Å². The van der Waals surface area contributed by atoms with Gasteiger partial charge < -0.3 is 9.73 Å². The lowest BCUT2D eigenvalue weighted by atomic mass is 9.98. The van der Waals surface area contributed by atoms with Crippen molar-refractivity contribution >= 4 is 0 Å². The van der Waals surface area contributed by atoms with Crippen molar-refractivity contribution in [1.29, 1.82) is 0 Å². The lowest BCUT2D eigenvalue weighted by Crippen LogP contribution is -2.11. The molecule has 0 bridgehead atoms. The summed E-state index contributed by atoms with van der Waals surface area (Å²) in [6.07, 6.45) is 3.77. The molecular formula is C11H19N3O. The molecule has 1 heterocycles. The molecule has 2 unspecified atom stereocenters. The highest BCUT2D eigenvalue weighted by molar-refractivity contribution is 4.97. The average Bonchev–Trinajstić information content (AvgIpc) is 2.83. The molecule has 1 aromatic rings. The second kappa shape index (κ2) is 4.75. The van der Waals surface area contributed by atoms with Gasteiger partial charge in [0, 0.05) is 5.92 Å². The molecule has 0 saturated heterocycles. The van der Waals surface area contributed by atoms with Crippen LogP contribution in [-0.4, -0.2) is 16.7 Å². The van der Waals surface area contributed by atoms with Gasteiger partial charge in [-0.3, -0.25) is 0 Å². The van der Waals surface area contributed by atoms with Crippen molar-refractivity contribution in [1.82, 2.24) is 15.5 Å². The van der Waals surface area contributed by atoms with Crippen molar-refractivity contribution in [2.75, 3.05) is 6.54 Å². The standard InChI is InChI=1S/C11H19N3O/c1-3-12-7-10-13-14-11(15-10)9-6-4-5-8(9)2/h8-9,12H,3-7H2,1-2H3. The fourth-order valence-corrected chi connectivity index (χ4v) is 2.23. The Labute approximate surface area is 90.5 Å². The summed E-state index contributed by atoms with van der Waals surface area (Å²) in [5.74, 6) is 2.74. The predicted molar refractivity (Wildman–Crippen MR) is 57.4 cm³/mol. The molecule has 2 atom stereocenters. The first kappa shape index (κ1) is 10.6. The van der Waals surface area contributed by atoms with Gasteiger partial charge in [-0.25, -0.2) is 0 Å². The highest BCUT2D eigenvalue weighted by Crippen LogP contribution is 2.38. The third-order valence-electron chi connectivity index (χ3n) is 3.19. The summed E-state index contributed by atoms with van der Waals surface area (Å²) >= 11 is 0. The quantitative estimate of drug-likeness (QED) is 0.825. The molecule has 0 spiro atoms. The van der Waals surface area contributed by atoms with E-state index in [1.807, 2.05) is 0 Å². The zero-order valence-electron chi connectivity index (χ0n) is 9.49. The van der Waals surface area contributed by atoms with Crippen molar-refractivity contribution in [3.63, 3.8) is 0 Å². The van der Waals surface area contributed by atoms with Crippen molar-refractivity contribution in [2.24, 2.45) is 5.92 Å². The van der Waals surface area contributed by atoms with E-state index in [-0.39, 0.29) is 0 Å². The van der Waals surface area contributed by atoms with Gasteiger partial charge in [0.2, 0.25) is 11.8 Å². The predicted octanol–water partition coefficient (Wildman–Crippen LogP) is 2.08. The molecule has 0 amide bonds. The van der Waals surface area contributed by atoms with Gasteiger partial charge in [-0.15, -0.1) is 10.2 Å². The van der Waals surface area contributed by atoms with Crippen LogP contribution in [0.1, 0.15) is 50.8 Å². The summed E-state index contributed by atoms with van der Waals surface area (Å²) in [5.41, 5.74) is 0. The molecule has 1 N–H and O–H groups in total. The lowest BCUT2D eigenvalue weighted by Gasteiger charge is -2.09. The minimum atomic E-state index is 0.493. The number of nitrogens with zero attached hydrogens (tertiary/aromatic N) is 2. The average molecular weight is 209 g/mol. The molecule has 84 valence electrons. The molecular weight excluding hydrogens is 190 g/mol. The number of hydrogen-bond acceptors (Lipinski definition) is 4. The molecule has 0 aromatic carbocycles. The van der Waals surface area contributed by atoms with E-state index in [4.69, 9.17) is 4.42 Å².